The highest BCUT2D eigenvalue weighted by atomic mass is 35.5. The monoisotopic (exact) mass is 510 g/mol. The average molecular weight is 511 g/mol. The van der Waals surface area contributed by atoms with Crippen LogP contribution in [0.4, 0.5) is 0 Å². The second-order valence-corrected chi connectivity index (χ2v) is 7.86. The summed E-state index contributed by atoms with van der Waals surface area (Å²) >= 11 is 11.6. The van der Waals surface area contributed by atoms with Crippen LogP contribution in [0.3, 0.4) is 0 Å². The summed E-state index contributed by atoms with van der Waals surface area (Å²) in [5, 5.41) is 0.625. The minimum atomic E-state index is -0.445. The van der Waals surface area contributed by atoms with Crippen LogP contribution in [-0.2, 0) is 21.8 Å². The lowest BCUT2D eigenvalue weighted by atomic mass is 10.1. The molecule has 0 aliphatic carbocycles. The third-order valence-corrected chi connectivity index (χ3v) is 5.10. The number of ether oxygens (including phenoxy) is 3. The van der Waals surface area contributed by atoms with Crippen molar-refractivity contribution in [3.63, 3.8) is 0 Å². The van der Waals surface area contributed by atoms with Crippen LogP contribution < -0.4 is 4.74 Å². The van der Waals surface area contributed by atoms with Gasteiger partial charge in [0, 0.05) is 28.1 Å². The van der Waals surface area contributed by atoms with Gasteiger partial charge in [-0.05, 0) is 58.0 Å². The van der Waals surface area contributed by atoms with Gasteiger partial charge in [-0.25, -0.2) is 9.59 Å². The van der Waals surface area contributed by atoms with Crippen molar-refractivity contribution in [2.24, 2.45) is 0 Å². The summed E-state index contributed by atoms with van der Waals surface area (Å²) in [5.74, 6) is 1.85. The minimum Gasteiger partial charge on any atom is -0.496 e. The molecule has 0 saturated heterocycles. The van der Waals surface area contributed by atoms with Crippen LogP contribution in [-0.4, -0.2) is 32.3 Å². The maximum Gasteiger partial charge on any atom is 0.374 e. The number of carbonyl (C=O) groups is 2. The van der Waals surface area contributed by atoms with E-state index in [1.54, 1.807) is 46.1 Å². The van der Waals surface area contributed by atoms with Gasteiger partial charge >= 0.3 is 11.9 Å². The Hall–Kier alpha value is -2.90. The Morgan fingerprint density at radius 3 is 1.88 bits per heavy atom. The summed E-state index contributed by atoms with van der Waals surface area (Å²) in [5.41, 5.74) is 2.41. The fourth-order valence-corrected chi connectivity index (χ4v) is 3.45. The van der Waals surface area contributed by atoms with Gasteiger partial charge in [0.05, 0.1) is 26.2 Å². The van der Waals surface area contributed by atoms with Crippen molar-refractivity contribution in [2.45, 2.75) is 40.0 Å². The molecule has 0 aliphatic rings. The van der Waals surface area contributed by atoms with E-state index < -0.39 is 11.9 Å². The number of hydrogen-bond acceptors (Lipinski definition) is 7. The lowest BCUT2D eigenvalue weighted by molar-refractivity contribution is 0.0478. The van der Waals surface area contributed by atoms with Crippen molar-refractivity contribution >= 4 is 35.1 Å². The Balaban J connectivity index is 0.000000270. The van der Waals surface area contributed by atoms with E-state index in [4.69, 9.17) is 46.2 Å². The Bertz CT molecular complexity index is 1110. The molecule has 0 N–H and O–H groups in total. The first-order valence-electron chi connectivity index (χ1n) is 10.6. The smallest absolute Gasteiger partial charge is 0.374 e. The largest absolute Gasteiger partial charge is 0.496 e. The molecule has 0 amide bonds. The van der Waals surface area contributed by atoms with Crippen LogP contribution in [0, 0.1) is 13.8 Å². The van der Waals surface area contributed by atoms with Crippen molar-refractivity contribution in [2.75, 3.05) is 20.3 Å². The molecule has 0 aliphatic heterocycles. The van der Waals surface area contributed by atoms with Crippen LogP contribution in [0.2, 0.25) is 5.02 Å². The van der Waals surface area contributed by atoms with Crippen molar-refractivity contribution in [3.8, 4) is 5.75 Å². The predicted octanol–water partition coefficient (Wildman–Crippen LogP) is 6.52. The van der Waals surface area contributed by atoms with Crippen molar-refractivity contribution in [1.29, 1.82) is 0 Å². The number of furan rings is 2. The van der Waals surface area contributed by atoms with Gasteiger partial charge in [-0.15, -0.1) is 11.6 Å². The van der Waals surface area contributed by atoms with E-state index in [0.29, 0.717) is 36.2 Å². The van der Waals surface area contributed by atoms with Crippen molar-refractivity contribution in [1.82, 2.24) is 0 Å². The lowest BCUT2D eigenvalue weighted by Crippen LogP contribution is -2.04. The van der Waals surface area contributed by atoms with Gasteiger partial charge in [-0.1, -0.05) is 11.6 Å². The Morgan fingerprint density at radius 1 is 0.882 bits per heavy atom. The molecule has 0 radical (unpaired) electrons. The number of benzene rings is 1. The number of aryl methyl sites for hydroxylation is 2. The maximum atomic E-state index is 11.7. The second-order valence-electron chi connectivity index (χ2n) is 7.16. The fraction of sp³-hybridized carbons (Fsp3) is 0.360. The van der Waals surface area contributed by atoms with Gasteiger partial charge in [0.25, 0.3) is 0 Å². The summed E-state index contributed by atoms with van der Waals surface area (Å²) in [4.78, 5) is 23.0. The maximum absolute atomic E-state index is 11.7. The zero-order chi connectivity index (χ0) is 25.3. The number of halogens is 2. The number of hydrogen-bond donors (Lipinski definition) is 0. The molecule has 0 atom stereocenters. The predicted molar refractivity (Wildman–Crippen MR) is 129 cm³/mol. The number of esters is 2. The highest BCUT2D eigenvalue weighted by Gasteiger charge is 2.18. The molecular weight excluding hydrogens is 483 g/mol. The van der Waals surface area contributed by atoms with Gasteiger partial charge in [-0.2, -0.15) is 0 Å². The van der Waals surface area contributed by atoms with Crippen molar-refractivity contribution < 1.29 is 32.6 Å². The van der Waals surface area contributed by atoms with Crippen LogP contribution >= 0.6 is 23.2 Å². The van der Waals surface area contributed by atoms with E-state index in [2.05, 4.69) is 0 Å². The molecule has 7 nitrogen and oxygen atoms in total. The van der Waals surface area contributed by atoms with E-state index in [-0.39, 0.29) is 17.4 Å². The number of carbonyl (C=O) groups excluding carboxylic acids is 2. The number of methoxy groups -OCH3 is 1. The third-order valence-electron chi connectivity index (χ3n) is 4.60. The molecule has 0 bridgehead atoms. The highest BCUT2D eigenvalue weighted by Crippen LogP contribution is 2.27. The normalized spacial score (nSPS) is 10.3. The second kappa shape index (κ2) is 13.1. The molecule has 2 aromatic heterocycles. The van der Waals surface area contributed by atoms with Gasteiger partial charge < -0.3 is 23.0 Å². The summed E-state index contributed by atoms with van der Waals surface area (Å²) in [6.45, 7) is 7.76. The van der Waals surface area contributed by atoms with E-state index in [1.165, 1.54) is 0 Å². The van der Waals surface area contributed by atoms with Crippen LogP contribution in [0.5, 0.6) is 5.75 Å². The molecule has 1 aromatic carbocycles. The minimum absolute atomic E-state index is 0.243. The summed E-state index contributed by atoms with van der Waals surface area (Å²) < 4.78 is 25.8. The van der Waals surface area contributed by atoms with Crippen LogP contribution in [0.1, 0.15) is 63.2 Å². The van der Waals surface area contributed by atoms with Gasteiger partial charge in [0.2, 0.25) is 11.5 Å². The standard InChI is InChI=1S/C16H17ClO4.C9H11ClO3/c1-4-20-16(18)15-10(2)7-13(21-15)9-11-8-12(17)5-6-14(11)19-3;1-3-12-9(11)8-6(2)4-7(5-10)13-8/h5-8H,4,9H2,1-3H3;4H,3,5H2,1-2H3. The van der Waals surface area contributed by atoms with E-state index in [0.717, 1.165) is 22.4 Å². The van der Waals surface area contributed by atoms with E-state index >= 15 is 0 Å². The van der Waals surface area contributed by atoms with E-state index in [1.807, 2.05) is 19.1 Å². The molecule has 0 unspecified atom stereocenters. The molecule has 3 aromatic rings. The highest BCUT2D eigenvalue weighted by molar-refractivity contribution is 6.30. The van der Waals surface area contributed by atoms with Crippen LogP contribution in [0.25, 0.3) is 0 Å². The molecule has 0 spiro atoms. The van der Waals surface area contributed by atoms with Gasteiger partial charge in [0.15, 0.2) is 0 Å². The quantitative estimate of drug-likeness (QED) is 0.251. The zero-order valence-electron chi connectivity index (χ0n) is 19.8. The van der Waals surface area contributed by atoms with E-state index in [9.17, 15) is 9.59 Å². The summed E-state index contributed by atoms with van der Waals surface area (Å²) in [6.07, 6.45) is 0.490. The first-order chi connectivity index (χ1) is 16.2. The topological polar surface area (TPSA) is 88.1 Å². The lowest BCUT2D eigenvalue weighted by Gasteiger charge is -2.07. The molecule has 9 heteroatoms. The molecule has 0 fully saturated rings. The van der Waals surface area contributed by atoms with Gasteiger partial charge in [0.1, 0.15) is 17.3 Å². The first kappa shape index (κ1) is 27.3. The Morgan fingerprint density at radius 2 is 1.41 bits per heavy atom. The summed E-state index contributed by atoms with van der Waals surface area (Å²) in [7, 11) is 1.60. The van der Waals surface area contributed by atoms with Gasteiger partial charge in [-0.3, -0.25) is 0 Å². The summed E-state index contributed by atoms with van der Waals surface area (Å²) in [6, 6.07) is 8.95. The Labute approximate surface area is 208 Å². The molecule has 34 heavy (non-hydrogen) atoms. The van der Waals surface area contributed by atoms with Crippen LogP contribution in [0.15, 0.2) is 39.2 Å². The molecular formula is C25H28Cl2O7. The number of alkyl halides is 1. The molecule has 0 saturated carbocycles. The zero-order valence-corrected chi connectivity index (χ0v) is 21.3. The van der Waals surface area contributed by atoms with Crippen molar-refractivity contribution in [3.05, 3.63) is 75.1 Å². The fourth-order valence-electron chi connectivity index (χ4n) is 3.12. The number of rotatable bonds is 8. The molecule has 184 valence electrons. The third kappa shape index (κ3) is 7.30. The average Bonchev–Trinajstić information content (AvgIpc) is 3.36. The first-order valence-corrected chi connectivity index (χ1v) is 11.6. The molecule has 3 rings (SSSR count). The molecule has 2 heterocycles. The Kier molecular flexibility index (Phi) is 10.5. The SMILES string of the molecule is CCOC(=O)c1oc(CCl)cc1C.CCOC(=O)c1oc(Cc2cc(Cl)ccc2OC)cc1C.